The predicted molar refractivity (Wildman–Crippen MR) is 167 cm³/mol. The molecule has 1 spiro atoms. The van der Waals surface area contributed by atoms with E-state index < -0.39 is 26.2 Å². The summed E-state index contributed by atoms with van der Waals surface area (Å²) in [4.78, 5) is 5.45. The minimum absolute atomic E-state index is 0.0369. The Hall–Kier alpha value is -1.73. The van der Waals surface area contributed by atoms with Crippen molar-refractivity contribution in [3.8, 4) is 0 Å². The van der Waals surface area contributed by atoms with Crippen LogP contribution >= 0.6 is 0 Å². The SMILES string of the molecule is CC(C)(C)[Si](C)(C)O[C@H]1CC2(CC2)Cc2nc(C3CCCC3)c(C(F)c3ccc(C(F)(F)F)cc3)c(C3CCCCC3)c21. The molecule has 6 rings (SSSR count). The van der Waals surface area contributed by atoms with Gasteiger partial charge in [0.1, 0.15) is 0 Å². The second-order valence-corrected chi connectivity index (χ2v) is 20.5. The van der Waals surface area contributed by atoms with Crippen LogP contribution in [0.5, 0.6) is 0 Å². The summed E-state index contributed by atoms with van der Waals surface area (Å²) < 4.78 is 64.8. The minimum Gasteiger partial charge on any atom is -0.410 e. The maximum Gasteiger partial charge on any atom is 0.416 e. The number of alkyl halides is 4. The van der Waals surface area contributed by atoms with E-state index >= 15 is 4.39 Å². The van der Waals surface area contributed by atoms with Crippen molar-refractivity contribution in [3.05, 3.63) is 63.5 Å². The van der Waals surface area contributed by atoms with Gasteiger partial charge in [0, 0.05) is 22.7 Å². The van der Waals surface area contributed by atoms with Crippen LogP contribution in [-0.2, 0) is 17.0 Å². The normalized spacial score (nSPS) is 23.9. The molecule has 4 aliphatic rings. The second kappa shape index (κ2) is 11.3. The van der Waals surface area contributed by atoms with Crippen LogP contribution in [0.1, 0.15) is 161 Å². The number of rotatable bonds is 6. The smallest absolute Gasteiger partial charge is 0.410 e. The summed E-state index contributed by atoms with van der Waals surface area (Å²) in [6, 6.07) is 4.75. The largest absolute Gasteiger partial charge is 0.416 e. The number of hydrogen-bond donors (Lipinski definition) is 0. The molecule has 1 unspecified atom stereocenters. The molecule has 236 valence electrons. The van der Waals surface area contributed by atoms with Gasteiger partial charge in [-0.2, -0.15) is 13.2 Å². The number of pyridine rings is 1. The third kappa shape index (κ3) is 6.11. The van der Waals surface area contributed by atoms with Crippen LogP contribution in [0.15, 0.2) is 24.3 Å². The molecule has 0 saturated heterocycles. The standard InChI is InChI=1S/C36H49F4NOSi/c1-34(2,3)43(4,5)42-28-22-35(19-20-35)21-27-30(28)29(23-11-7-6-8-12-23)31(33(41-27)25-13-9-10-14-25)32(37)24-15-17-26(18-16-24)36(38,39)40/h15-18,23,25,28,32H,6-14,19-22H2,1-5H3/t28-,32?/m0/s1. The summed E-state index contributed by atoms with van der Waals surface area (Å²) in [5, 5.41) is 0.0369. The Labute approximate surface area is 256 Å². The maximum atomic E-state index is 17.3. The van der Waals surface area contributed by atoms with Crippen molar-refractivity contribution in [2.75, 3.05) is 0 Å². The van der Waals surface area contributed by atoms with Gasteiger partial charge in [0.15, 0.2) is 14.5 Å². The third-order valence-electron chi connectivity index (χ3n) is 11.6. The fourth-order valence-electron chi connectivity index (χ4n) is 7.93. The van der Waals surface area contributed by atoms with Crippen LogP contribution < -0.4 is 0 Å². The van der Waals surface area contributed by atoms with E-state index in [1.807, 2.05) is 0 Å². The topological polar surface area (TPSA) is 22.1 Å². The van der Waals surface area contributed by atoms with E-state index in [1.54, 1.807) is 0 Å². The molecule has 2 aromatic rings. The number of benzene rings is 1. The Kier molecular flexibility index (Phi) is 8.18. The molecule has 0 bridgehead atoms. The van der Waals surface area contributed by atoms with E-state index in [9.17, 15) is 13.2 Å². The fourth-order valence-corrected chi connectivity index (χ4v) is 9.19. The first-order valence-corrected chi connectivity index (χ1v) is 19.7. The summed E-state index contributed by atoms with van der Waals surface area (Å²) in [5.41, 5.74) is 4.78. The Bertz CT molecular complexity index is 1310. The molecule has 1 aromatic heterocycles. The highest BCUT2D eigenvalue weighted by Gasteiger charge is 2.52. The third-order valence-corrected chi connectivity index (χ3v) is 16.1. The maximum absolute atomic E-state index is 17.3. The van der Waals surface area contributed by atoms with Crippen molar-refractivity contribution in [3.63, 3.8) is 0 Å². The summed E-state index contributed by atoms with van der Waals surface area (Å²) in [6.07, 6.45) is 7.92. The van der Waals surface area contributed by atoms with Gasteiger partial charge in [-0.05, 0) is 104 Å². The highest BCUT2D eigenvalue weighted by Crippen LogP contribution is 2.61. The molecule has 4 aliphatic carbocycles. The van der Waals surface area contributed by atoms with Crippen LogP contribution in [-0.4, -0.2) is 13.3 Å². The molecule has 3 fully saturated rings. The molecule has 0 N–H and O–H groups in total. The van der Waals surface area contributed by atoms with Crippen LogP contribution in [0.3, 0.4) is 0 Å². The first-order chi connectivity index (χ1) is 20.2. The summed E-state index contributed by atoms with van der Waals surface area (Å²) in [5.74, 6) is 0.430. The zero-order valence-electron chi connectivity index (χ0n) is 26.7. The van der Waals surface area contributed by atoms with Crippen molar-refractivity contribution < 1.29 is 22.0 Å². The Morgan fingerprint density at radius 2 is 1.44 bits per heavy atom. The Morgan fingerprint density at radius 3 is 2.00 bits per heavy atom. The van der Waals surface area contributed by atoms with E-state index in [2.05, 4.69) is 33.9 Å². The van der Waals surface area contributed by atoms with Crippen molar-refractivity contribution in [2.45, 2.75) is 153 Å². The van der Waals surface area contributed by atoms with Crippen LogP contribution in [0.2, 0.25) is 18.1 Å². The zero-order chi connectivity index (χ0) is 30.8. The number of halogens is 4. The molecular formula is C36H49F4NOSi. The van der Waals surface area contributed by atoms with E-state index in [4.69, 9.17) is 9.41 Å². The van der Waals surface area contributed by atoms with Gasteiger partial charge in [-0.1, -0.05) is 65.0 Å². The van der Waals surface area contributed by atoms with E-state index in [0.717, 1.165) is 98.9 Å². The molecule has 0 amide bonds. The van der Waals surface area contributed by atoms with Crippen molar-refractivity contribution in [1.82, 2.24) is 4.98 Å². The molecule has 7 heteroatoms. The monoisotopic (exact) mass is 615 g/mol. The Morgan fingerprint density at radius 1 is 0.860 bits per heavy atom. The second-order valence-electron chi connectivity index (χ2n) is 15.7. The van der Waals surface area contributed by atoms with Gasteiger partial charge in [-0.3, -0.25) is 4.98 Å². The quantitative estimate of drug-likeness (QED) is 0.238. The van der Waals surface area contributed by atoms with Gasteiger partial charge >= 0.3 is 6.18 Å². The molecule has 2 nitrogen and oxygen atoms in total. The van der Waals surface area contributed by atoms with Gasteiger partial charge in [0.25, 0.3) is 0 Å². The average Bonchev–Trinajstić information content (AvgIpc) is 3.45. The van der Waals surface area contributed by atoms with Gasteiger partial charge in [-0.15, -0.1) is 0 Å². The van der Waals surface area contributed by atoms with Crippen molar-refractivity contribution in [2.24, 2.45) is 5.41 Å². The Balaban J connectivity index is 1.56. The van der Waals surface area contributed by atoms with Crippen molar-refractivity contribution >= 4 is 8.32 Å². The van der Waals surface area contributed by atoms with Crippen molar-refractivity contribution in [1.29, 1.82) is 0 Å². The lowest BCUT2D eigenvalue weighted by Crippen LogP contribution is -2.43. The molecule has 1 aromatic carbocycles. The van der Waals surface area contributed by atoms with Crippen LogP contribution in [0, 0.1) is 5.41 Å². The molecular weight excluding hydrogens is 566 g/mol. The molecule has 2 atom stereocenters. The number of nitrogens with zero attached hydrogens (tertiary/aromatic N) is 1. The molecule has 3 saturated carbocycles. The molecule has 0 aliphatic heterocycles. The summed E-state index contributed by atoms with van der Waals surface area (Å²) in [6.45, 7) is 11.4. The molecule has 1 heterocycles. The summed E-state index contributed by atoms with van der Waals surface area (Å²) in [7, 11) is -2.17. The number of aromatic nitrogens is 1. The van der Waals surface area contributed by atoms with Gasteiger partial charge in [0.05, 0.1) is 17.4 Å². The lowest BCUT2D eigenvalue weighted by atomic mass is 9.71. The summed E-state index contributed by atoms with van der Waals surface area (Å²) >= 11 is 0. The predicted octanol–water partition coefficient (Wildman–Crippen LogP) is 11.7. The number of fused-ring (bicyclic) bond motifs is 1. The van der Waals surface area contributed by atoms with Crippen LogP contribution in [0.25, 0.3) is 0 Å². The lowest BCUT2D eigenvalue weighted by Gasteiger charge is -2.44. The highest BCUT2D eigenvalue weighted by molar-refractivity contribution is 6.74. The zero-order valence-corrected chi connectivity index (χ0v) is 27.7. The van der Waals surface area contributed by atoms with Gasteiger partial charge in [-0.25, -0.2) is 4.39 Å². The van der Waals surface area contributed by atoms with E-state index in [1.165, 1.54) is 31.4 Å². The first-order valence-electron chi connectivity index (χ1n) is 16.7. The fraction of sp³-hybridized carbons (Fsp3) is 0.694. The van der Waals surface area contributed by atoms with Crippen LogP contribution in [0.4, 0.5) is 17.6 Å². The van der Waals surface area contributed by atoms with Gasteiger partial charge in [0.2, 0.25) is 0 Å². The molecule has 0 radical (unpaired) electrons. The molecule has 43 heavy (non-hydrogen) atoms. The van der Waals surface area contributed by atoms with E-state index in [0.29, 0.717) is 11.1 Å². The minimum atomic E-state index is -4.45. The van der Waals surface area contributed by atoms with Gasteiger partial charge < -0.3 is 4.43 Å². The lowest BCUT2D eigenvalue weighted by molar-refractivity contribution is -0.137. The average molecular weight is 616 g/mol. The number of hydrogen-bond acceptors (Lipinski definition) is 2. The first kappa shape index (κ1) is 31.3. The highest BCUT2D eigenvalue weighted by atomic mass is 28.4. The van der Waals surface area contributed by atoms with E-state index in [-0.39, 0.29) is 28.4 Å².